The number of para-hydroxylation sites is 2. The molecular weight excluding hydrogens is 469 g/mol. The molecule has 3 rings (SSSR count). The summed E-state index contributed by atoms with van der Waals surface area (Å²) in [5.74, 6) is 2.77. The van der Waals surface area contributed by atoms with E-state index in [1.165, 1.54) is 5.69 Å². The van der Waals surface area contributed by atoms with Crippen LogP contribution in [-0.4, -0.2) is 48.6 Å². The van der Waals surface area contributed by atoms with Crippen molar-refractivity contribution in [3.8, 4) is 11.5 Å². The van der Waals surface area contributed by atoms with Crippen LogP contribution in [0.3, 0.4) is 0 Å². The Kier molecular flexibility index (Phi) is 8.40. The Bertz CT molecular complexity index is 793. The SMILES string of the molecule is CN=C(NCC(C)Cn1nc(C)cc1C)NCC1COc2ccccc2O1.I. The van der Waals surface area contributed by atoms with Gasteiger partial charge in [0.05, 0.1) is 12.2 Å². The molecule has 1 aromatic carbocycles. The summed E-state index contributed by atoms with van der Waals surface area (Å²) in [6.45, 7) is 9.14. The van der Waals surface area contributed by atoms with E-state index in [0.717, 1.165) is 36.2 Å². The molecule has 0 fully saturated rings. The number of rotatable bonds is 6. The van der Waals surface area contributed by atoms with Crippen molar-refractivity contribution < 1.29 is 9.47 Å². The van der Waals surface area contributed by atoms with Gasteiger partial charge in [0.2, 0.25) is 0 Å². The Labute approximate surface area is 183 Å². The molecule has 0 radical (unpaired) electrons. The molecule has 154 valence electrons. The normalized spacial score (nSPS) is 16.9. The van der Waals surface area contributed by atoms with Crippen molar-refractivity contribution >= 4 is 29.9 Å². The van der Waals surface area contributed by atoms with E-state index in [4.69, 9.17) is 9.47 Å². The summed E-state index contributed by atoms with van der Waals surface area (Å²) in [6.07, 6.45) is -0.0504. The summed E-state index contributed by atoms with van der Waals surface area (Å²) in [5, 5.41) is 11.2. The Morgan fingerprint density at radius 1 is 1.29 bits per heavy atom. The minimum absolute atomic E-state index is 0. The molecule has 2 N–H and O–H groups in total. The lowest BCUT2D eigenvalue weighted by atomic mass is 10.2. The summed E-state index contributed by atoms with van der Waals surface area (Å²) in [5.41, 5.74) is 2.25. The monoisotopic (exact) mass is 499 g/mol. The van der Waals surface area contributed by atoms with Gasteiger partial charge in [0.25, 0.3) is 0 Å². The number of ether oxygens (including phenoxy) is 2. The molecule has 2 heterocycles. The molecule has 1 aromatic heterocycles. The van der Waals surface area contributed by atoms with E-state index >= 15 is 0 Å². The first kappa shape index (κ1) is 22.3. The van der Waals surface area contributed by atoms with Crippen molar-refractivity contribution in [3.63, 3.8) is 0 Å². The number of hydrogen-bond donors (Lipinski definition) is 2. The van der Waals surface area contributed by atoms with E-state index < -0.39 is 0 Å². The zero-order valence-corrected chi connectivity index (χ0v) is 19.3. The van der Waals surface area contributed by atoms with Gasteiger partial charge in [-0.25, -0.2) is 0 Å². The van der Waals surface area contributed by atoms with Crippen LogP contribution < -0.4 is 20.1 Å². The number of aromatic nitrogens is 2. The Balaban J connectivity index is 0.00000280. The molecule has 0 spiro atoms. The largest absolute Gasteiger partial charge is 0.486 e. The lowest BCUT2D eigenvalue weighted by molar-refractivity contribution is 0.0936. The predicted octanol–water partition coefficient (Wildman–Crippen LogP) is 2.76. The van der Waals surface area contributed by atoms with E-state index in [2.05, 4.69) is 45.3 Å². The van der Waals surface area contributed by atoms with Crippen molar-refractivity contribution in [2.45, 2.75) is 33.4 Å². The van der Waals surface area contributed by atoms with Crippen LogP contribution in [0, 0.1) is 19.8 Å². The summed E-state index contributed by atoms with van der Waals surface area (Å²) >= 11 is 0. The molecule has 1 aliphatic heterocycles. The van der Waals surface area contributed by atoms with Crippen LogP contribution in [0.4, 0.5) is 0 Å². The zero-order valence-electron chi connectivity index (χ0n) is 16.9. The third kappa shape index (κ3) is 6.02. The topological polar surface area (TPSA) is 72.7 Å². The number of nitrogens with one attached hydrogen (secondary N) is 2. The van der Waals surface area contributed by atoms with Crippen LogP contribution in [0.5, 0.6) is 11.5 Å². The number of guanidine groups is 1. The van der Waals surface area contributed by atoms with Gasteiger partial charge < -0.3 is 20.1 Å². The second-order valence-corrected chi connectivity index (χ2v) is 7.05. The van der Waals surface area contributed by atoms with E-state index in [1.54, 1.807) is 7.05 Å². The highest BCUT2D eigenvalue weighted by molar-refractivity contribution is 14.0. The first-order valence-corrected chi connectivity index (χ1v) is 9.39. The Morgan fingerprint density at radius 2 is 2.04 bits per heavy atom. The highest BCUT2D eigenvalue weighted by Crippen LogP contribution is 2.30. The molecule has 7 nitrogen and oxygen atoms in total. The highest BCUT2D eigenvalue weighted by Gasteiger charge is 2.20. The number of hydrogen-bond acceptors (Lipinski definition) is 4. The predicted molar refractivity (Wildman–Crippen MR) is 122 cm³/mol. The van der Waals surface area contributed by atoms with Gasteiger partial charge in [-0.15, -0.1) is 24.0 Å². The summed E-state index contributed by atoms with van der Waals surface area (Å²) in [6, 6.07) is 9.84. The number of fused-ring (bicyclic) bond motifs is 1. The van der Waals surface area contributed by atoms with Crippen molar-refractivity contribution in [1.82, 2.24) is 20.4 Å². The summed E-state index contributed by atoms with van der Waals surface area (Å²) in [4.78, 5) is 4.29. The lowest BCUT2D eigenvalue weighted by Crippen LogP contribution is -2.46. The van der Waals surface area contributed by atoms with Gasteiger partial charge >= 0.3 is 0 Å². The van der Waals surface area contributed by atoms with E-state index in [1.807, 2.05) is 31.2 Å². The molecule has 1 aliphatic rings. The van der Waals surface area contributed by atoms with Crippen LogP contribution >= 0.6 is 24.0 Å². The first-order chi connectivity index (χ1) is 13.0. The van der Waals surface area contributed by atoms with E-state index in [9.17, 15) is 0 Å². The van der Waals surface area contributed by atoms with Gasteiger partial charge in [-0.05, 0) is 38.0 Å². The highest BCUT2D eigenvalue weighted by atomic mass is 127. The fraction of sp³-hybridized carbons (Fsp3) is 0.500. The minimum Gasteiger partial charge on any atom is -0.486 e. The molecule has 28 heavy (non-hydrogen) atoms. The van der Waals surface area contributed by atoms with Gasteiger partial charge in [-0.1, -0.05) is 19.1 Å². The van der Waals surface area contributed by atoms with Crippen molar-refractivity contribution in [2.24, 2.45) is 10.9 Å². The molecule has 2 aromatic rings. The Hall–Kier alpha value is -1.97. The molecule has 2 unspecified atom stereocenters. The molecular formula is C20H30IN5O2. The third-order valence-electron chi connectivity index (χ3n) is 4.49. The Morgan fingerprint density at radius 3 is 2.71 bits per heavy atom. The number of aliphatic imine (C=N–C) groups is 1. The van der Waals surface area contributed by atoms with Crippen LogP contribution in [0.25, 0.3) is 0 Å². The van der Waals surface area contributed by atoms with Gasteiger partial charge in [0, 0.05) is 25.8 Å². The average molecular weight is 499 g/mol. The maximum absolute atomic E-state index is 5.97. The quantitative estimate of drug-likeness (QED) is 0.364. The summed E-state index contributed by atoms with van der Waals surface area (Å²) in [7, 11) is 1.77. The van der Waals surface area contributed by atoms with Crippen molar-refractivity contribution in [3.05, 3.63) is 41.7 Å². The van der Waals surface area contributed by atoms with E-state index in [0.29, 0.717) is 19.1 Å². The lowest BCUT2D eigenvalue weighted by Gasteiger charge is -2.27. The van der Waals surface area contributed by atoms with Crippen molar-refractivity contribution in [2.75, 3.05) is 26.7 Å². The van der Waals surface area contributed by atoms with Crippen LogP contribution in [-0.2, 0) is 6.54 Å². The third-order valence-corrected chi connectivity index (χ3v) is 4.49. The first-order valence-electron chi connectivity index (χ1n) is 9.39. The average Bonchev–Trinajstić information content (AvgIpc) is 2.98. The maximum atomic E-state index is 5.97. The van der Waals surface area contributed by atoms with Gasteiger partial charge in [0.15, 0.2) is 17.5 Å². The standard InChI is InChI=1S/C20H29N5O2.HI/c1-14(12-25-16(3)9-15(2)24-25)10-22-20(21-4)23-11-17-13-26-18-7-5-6-8-19(18)27-17;/h5-9,14,17H,10-13H2,1-4H3,(H2,21,22,23);1H. The van der Waals surface area contributed by atoms with Crippen LogP contribution in [0.15, 0.2) is 35.3 Å². The molecule has 0 saturated heterocycles. The number of aryl methyl sites for hydroxylation is 2. The smallest absolute Gasteiger partial charge is 0.191 e. The van der Waals surface area contributed by atoms with Gasteiger partial charge in [0.1, 0.15) is 12.7 Å². The molecule has 2 atom stereocenters. The minimum atomic E-state index is -0.0504. The van der Waals surface area contributed by atoms with E-state index in [-0.39, 0.29) is 30.1 Å². The number of halogens is 1. The molecule has 8 heteroatoms. The van der Waals surface area contributed by atoms with Gasteiger partial charge in [-0.2, -0.15) is 5.10 Å². The fourth-order valence-corrected chi connectivity index (χ4v) is 3.09. The fourth-order valence-electron chi connectivity index (χ4n) is 3.09. The number of nitrogens with zero attached hydrogens (tertiary/aromatic N) is 3. The number of benzene rings is 1. The molecule has 0 bridgehead atoms. The zero-order chi connectivity index (χ0) is 19.2. The summed E-state index contributed by atoms with van der Waals surface area (Å²) < 4.78 is 13.8. The maximum Gasteiger partial charge on any atom is 0.191 e. The molecule has 0 aliphatic carbocycles. The van der Waals surface area contributed by atoms with Crippen LogP contribution in [0.1, 0.15) is 18.3 Å². The molecule has 0 saturated carbocycles. The second-order valence-electron chi connectivity index (χ2n) is 7.05. The second kappa shape index (κ2) is 10.5. The van der Waals surface area contributed by atoms with Gasteiger partial charge in [-0.3, -0.25) is 9.67 Å². The van der Waals surface area contributed by atoms with Crippen LogP contribution in [0.2, 0.25) is 0 Å². The molecule has 0 amide bonds. The van der Waals surface area contributed by atoms with Crippen molar-refractivity contribution in [1.29, 1.82) is 0 Å².